The van der Waals surface area contributed by atoms with Crippen LogP contribution in [0.3, 0.4) is 0 Å². The molecule has 3 heterocycles. The highest BCUT2D eigenvalue weighted by Crippen LogP contribution is 2.53. The van der Waals surface area contributed by atoms with Crippen LogP contribution in [-0.4, -0.2) is 58.8 Å². The van der Waals surface area contributed by atoms with Crippen LogP contribution in [0.5, 0.6) is 17.2 Å². The number of halogens is 1. The van der Waals surface area contributed by atoms with Gasteiger partial charge in [-0.25, -0.2) is 9.80 Å². The lowest BCUT2D eigenvalue weighted by Gasteiger charge is -2.51. The van der Waals surface area contributed by atoms with Gasteiger partial charge in [0, 0.05) is 48.5 Å². The predicted octanol–water partition coefficient (Wildman–Crippen LogP) is 4.94. The number of amides is 1. The largest absolute Gasteiger partial charge is 0.507 e. The number of ether oxygens (including phenoxy) is 3. The van der Waals surface area contributed by atoms with E-state index in [1.165, 1.54) is 0 Å². The van der Waals surface area contributed by atoms with E-state index >= 15 is 0 Å². The van der Waals surface area contributed by atoms with Crippen LogP contribution in [0, 0.1) is 0 Å². The van der Waals surface area contributed by atoms with Crippen molar-refractivity contribution in [2.75, 3.05) is 26.3 Å². The van der Waals surface area contributed by atoms with Gasteiger partial charge in [-0.2, -0.15) is 5.10 Å². The van der Waals surface area contributed by atoms with Crippen molar-refractivity contribution in [3.8, 4) is 17.2 Å². The second-order valence-electron chi connectivity index (χ2n) is 8.61. The maximum Gasteiger partial charge on any atom is 0.409 e. The number of benzene rings is 2. The molecule has 5 rings (SSSR count). The summed E-state index contributed by atoms with van der Waals surface area (Å²) in [6.07, 6.45) is 1.39. The fourth-order valence-electron chi connectivity index (χ4n) is 5.03. The molecular weight excluding hydrogens is 458 g/mol. The third kappa shape index (κ3) is 3.79. The Morgan fingerprint density at radius 3 is 2.76 bits per heavy atom. The monoisotopic (exact) mass is 485 g/mol. The summed E-state index contributed by atoms with van der Waals surface area (Å²) in [7, 11) is 0. The number of nitrogens with zero attached hydrogens (tertiary/aromatic N) is 3. The van der Waals surface area contributed by atoms with Crippen molar-refractivity contribution in [3.05, 3.63) is 52.5 Å². The van der Waals surface area contributed by atoms with Gasteiger partial charge in [0.25, 0.3) is 0 Å². The van der Waals surface area contributed by atoms with Crippen molar-refractivity contribution in [2.24, 2.45) is 5.10 Å². The van der Waals surface area contributed by atoms with Gasteiger partial charge in [-0.15, -0.1) is 0 Å². The Hall–Kier alpha value is -3.13. The molecule has 0 bridgehead atoms. The van der Waals surface area contributed by atoms with E-state index in [1.807, 2.05) is 30.1 Å². The van der Waals surface area contributed by atoms with E-state index in [0.717, 1.165) is 17.0 Å². The predicted molar refractivity (Wildman–Crippen MR) is 128 cm³/mol. The Morgan fingerprint density at radius 2 is 2.03 bits per heavy atom. The van der Waals surface area contributed by atoms with Gasteiger partial charge in [-0.3, -0.25) is 0 Å². The van der Waals surface area contributed by atoms with Crippen molar-refractivity contribution in [2.45, 2.75) is 44.9 Å². The molecule has 9 heteroatoms. The molecule has 1 fully saturated rings. The fourth-order valence-corrected chi connectivity index (χ4v) is 5.20. The number of carbonyl (C=O) groups is 1. The van der Waals surface area contributed by atoms with Crippen LogP contribution >= 0.6 is 11.6 Å². The van der Waals surface area contributed by atoms with Crippen molar-refractivity contribution < 1.29 is 24.1 Å². The molecular formula is C25H28ClN3O5. The number of carbonyl (C=O) groups excluding carboxylic acids is 1. The maximum atomic E-state index is 12.3. The highest BCUT2D eigenvalue weighted by molar-refractivity contribution is 6.31. The number of rotatable bonds is 4. The van der Waals surface area contributed by atoms with Crippen LogP contribution in [-0.2, 0) is 4.74 Å². The van der Waals surface area contributed by atoms with Crippen molar-refractivity contribution >= 4 is 23.4 Å². The molecule has 34 heavy (non-hydrogen) atoms. The summed E-state index contributed by atoms with van der Waals surface area (Å²) in [5.74, 6) is 1.56. The molecule has 0 radical (unpaired) electrons. The summed E-state index contributed by atoms with van der Waals surface area (Å²) >= 11 is 6.23. The number of aromatic hydroxyl groups is 1. The first-order chi connectivity index (χ1) is 16.5. The fraction of sp³-hybridized carbons (Fsp3) is 0.440. The molecule has 1 atom stereocenters. The Labute approximate surface area is 203 Å². The van der Waals surface area contributed by atoms with E-state index in [2.05, 4.69) is 0 Å². The van der Waals surface area contributed by atoms with E-state index in [1.54, 1.807) is 30.0 Å². The third-order valence-electron chi connectivity index (χ3n) is 6.63. The lowest BCUT2D eigenvalue weighted by Crippen LogP contribution is -2.59. The van der Waals surface area contributed by atoms with Crippen molar-refractivity contribution in [3.63, 3.8) is 0 Å². The number of likely N-dealkylation sites (tertiary alicyclic amines) is 1. The highest BCUT2D eigenvalue weighted by Gasteiger charge is 2.53. The summed E-state index contributed by atoms with van der Waals surface area (Å²) in [4.78, 5) is 14.0. The number of para-hydroxylation sites is 1. The zero-order valence-corrected chi connectivity index (χ0v) is 20.0. The smallest absolute Gasteiger partial charge is 0.409 e. The summed E-state index contributed by atoms with van der Waals surface area (Å²) in [6, 6.07) is 10.8. The Kier molecular flexibility index (Phi) is 5.93. The van der Waals surface area contributed by atoms with Gasteiger partial charge in [-0.05, 0) is 38.1 Å². The quantitative estimate of drug-likeness (QED) is 0.660. The van der Waals surface area contributed by atoms with Crippen molar-refractivity contribution in [1.29, 1.82) is 0 Å². The average Bonchev–Trinajstić information content (AvgIpc) is 3.29. The summed E-state index contributed by atoms with van der Waals surface area (Å²) in [5, 5.41) is 18.0. The molecule has 1 saturated heterocycles. The first-order valence-electron chi connectivity index (χ1n) is 11.7. The standard InChI is InChI=1S/C25H28ClN3O5/c1-3-32-22-7-5-6-17-20-15-19(18-14-16(26)8-9-21(18)30)27-29(20)25(34-23(17)22)10-12-28(13-11-25)24(31)33-4-2/h5-9,14,20,30H,3-4,10-13,15H2,1-2H3/t20-/m0/s1. The topological polar surface area (TPSA) is 83.8 Å². The second-order valence-corrected chi connectivity index (χ2v) is 9.05. The first-order valence-corrected chi connectivity index (χ1v) is 12.1. The van der Waals surface area contributed by atoms with Crippen molar-refractivity contribution in [1.82, 2.24) is 9.91 Å². The van der Waals surface area contributed by atoms with Gasteiger partial charge < -0.3 is 24.2 Å². The van der Waals surface area contributed by atoms with Gasteiger partial charge in [0.1, 0.15) is 5.75 Å². The summed E-state index contributed by atoms with van der Waals surface area (Å²) < 4.78 is 17.8. The van der Waals surface area contributed by atoms with E-state index in [9.17, 15) is 9.90 Å². The van der Waals surface area contributed by atoms with Crippen LogP contribution in [0.15, 0.2) is 41.5 Å². The average molecular weight is 486 g/mol. The number of fused-ring (bicyclic) bond motifs is 4. The van der Waals surface area contributed by atoms with Crippen LogP contribution in [0.1, 0.15) is 50.3 Å². The minimum absolute atomic E-state index is 0.0910. The van der Waals surface area contributed by atoms with Crippen LogP contribution in [0.4, 0.5) is 4.79 Å². The molecule has 0 saturated carbocycles. The van der Waals surface area contributed by atoms with Gasteiger partial charge >= 0.3 is 6.09 Å². The first kappa shape index (κ1) is 22.7. The lowest BCUT2D eigenvalue weighted by atomic mass is 9.90. The van der Waals surface area contributed by atoms with Crippen LogP contribution in [0.2, 0.25) is 5.02 Å². The molecule has 2 aromatic rings. The number of hydrogen-bond donors (Lipinski definition) is 1. The molecule has 0 aliphatic carbocycles. The van der Waals surface area contributed by atoms with E-state index < -0.39 is 5.72 Å². The number of hydrazone groups is 1. The van der Waals surface area contributed by atoms with Gasteiger partial charge in [0.05, 0.1) is 25.0 Å². The summed E-state index contributed by atoms with van der Waals surface area (Å²) in [5.41, 5.74) is 1.60. The Balaban J connectivity index is 1.54. The highest BCUT2D eigenvalue weighted by atomic mass is 35.5. The number of hydrogen-bond acceptors (Lipinski definition) is 7. The zero-order chi connectivity index (χ0) is 23.9. The van der Waals surface area contributed by atoms with Crippen LogP contribution in [0.25, 0.3) is 0 Å². The third-order valence-corrected chi connectivity index (χ3v) is 6.86. The molecule has 1 spiro atoms. The second kappa shape index (κ2) is 8.91. The minimum atomic E-state index is -0.746. The SMILES string of the molecule is CCOC(=O)N1CCC2(CC1)Oc1c(OCC)cccc1[C@@H]1CC(c3cc(Cl)ccc3O)=NN12. The molecule has 1 amide bonds. The minimum Gasteiger partial charge on any atom is -0.507 e. The van der Waals surface area contributed by atoms with E-state index in [-0.39, 0.29) is 17.9 Å². The molecule has 0 unspecified atom stereocenters. The van der Waals surface area contributed by atoms with Crippen LogP contribution < -0.4 is 9.47 Å². The maximum absolute atomic E-state index is 12.3. The molecule has 180 valence electrons. The molecule has 1 N–H and O–H groups in total. The molecule has 3 aliphatic heterocycles. The zero-order valence-electron chi connectivity index (χ0n) is 19.3. The molecule has 3 aliphatic rings. The summed E-state index contributed by atoms with van der Waals surface area (Å²) in [6.45, 7) is 5.59. The lowest BCUT2D eigenvalue weighted by molar-refractivity contribution is -0.148. The number of phenols is 1. The Bertz CT molecular complexity index is 1130. The van der Waals surface area contributed by atoms with E-state index in [0.29, 0.717) is 61.9 Å². The molecule has 8 nitrogen and oxygen atoms in total. The number of piperidine rings is 1. The van der Waals surface area contributed by atoms with E-state index in [4.69, 9.17) is 30.9 Å². The molecule has 0 aromatic heterocycles. The normalized spacial score (nSPS) is 20.3. The Morgan fingerprint density at radius 1 is 1.24 bits per heavy atom. The van der Waals surface area contributed by atoms with Gasteiger partial charge in [0.15, 0.2) is 11.5 Å². The molecule has 2 aromatic carbocycles. The van der Waals surface area contributed by atoms with Gasteiger partial charge in [-0.1, -0.05) is 23.7 Å². The van der Waals surface area contributed by atoms with Gasteiger partial charge in [0.2, 0.25) is 5.72 Å². The number of phenolic OH excluding ortho intramolecular Hbond substituents is 1.